The normalized spacial score (nSPS) is 17.1. The maximum atomic E-state index is 12.8. The molecule has 1 saturated carbocycles. The van der Waals surface area contributed by atoms with Crippen molar-refractivity contribution in [3.05, 3.63) is 0 Å². The van der Waals surface area contributed by atoms with Gasteiger partial charge in [0.05, 0.1) is 0 Å². The lowest BCUT2D eigenvalue weighted by Gasteiger charge is -2.32. The van der Waals surface area contributed by atoms with Gasteiger partial charge in [-0.05, 0) is 38.0 Å². The Kier molecular flexibility index (Phi) is 14.1. The van der Waals surface area contributed by atoms with Crippen LogP contribution in [-0.4, -0.2) is 23.1 Å². The van der Waals surface area contributed by atoms with Gasteiger partial charge in [-0.15, -0.1) is 0 Å². The third kappa shape index (κ3) is 10.3. The van der Waals surface area contributed by atoms with Crippen molar-refractivity contribution in [2.45, 2.75) is 142 Å². The lowest BCUT2D eigenvalue weighted by molar-refractivity contribution is -0.175. The standard InChI is InChI=1S/C26H48O4/c1-4-5-18-23(19-14-11-9-7-6-8-10-13-17-22(2)3)30-25(29)26(24(27)28)20-15-12-16-21-26/h22-23H,4-21H2,1-3H3,(H,27,28). The Morgan fingerprint density at radius 1 is 0.800 bits per heavy atom. The van der Waals surface area contributed by atoms with E-state index in [1.807, 2.05) is 0 Å². The highest BCUT2D eigenvalue weighted by Crippen LogP contribution is 2.38. The molecule has 30 heavy (non-hydrogen) atoms. The predicted molar refractivity (Wildman–Crippen MR) is 124 cm³/mol. The van der Waals surface area contributed by atoms with Crippen molar-refractivity contribution in [3.63, 3.8) is 0 Å². The molecular formula is C26H48O4. The Bertz CT molecular complexity index is 466. The number of hydrogen-bond acceptors (Lipinski definition) is 3. The number of carbonyl (C=O) groups excluding carboxylic acids is 1. The molecule has 1 unspecified atom stereocenters. The average molecular weight is 425 g/mol. The fourth-order valence-electron chi connectivity index (χ4n) is 4.60. The molecule has 4 heteroatoms. The van der Waals surface area contributed by atoms with Crippen LogP contribution in [0.25, 0.3) is 0 Å². The molecule has 0 saturated heterocycles. The molecule has 4 nitrogen and oxygen atoms in total. The third-order valence-corrected chi connectivity index (χ3v) is 6.72. The van der Waals surface area contributed by atoms with Crippen LogP contribution in [0.5, 0.6) is 0 Å². The van der Waals surface area contributed by atoms with Gasteiger partial charge in [0.25, 0.3) is 0 Å². The van der Waals surface area contributed by atoms with Gasteiger partial charge in [-0.2, -0.15) is 0 Å². The molecule has 0 aromatic carbocycles. The van der Waals surface area contributed by atoms with Gasteiger partial charge in [-0.25, -0.2) is 0 Å². The number of rotatable bonds is 17. The summed E-state index contributed by atoms with van der Waals surface area (Å²) in [6.07, 6.45) is 18.7. The smallest absolute Gasteiger partial charge is 0.323 e. The Labute approximate surface area is 185 Å². The quantitative estimate of drug-likeness (QED) is 0.148. The van der Waals surface area contributed by atoms with Crippen molar-refractivity contribution in [3.8, 4) is 0 Å². The van der Waals surface area contributed by atoms with E-state index in [9.17, 15) is 14.7 Å². The van der Waals surface area contributed by atoms with Crippen LogP contribution in [0.3, 0.4) is 0 Å². The minimum Gasteiger partial charge on any atom is -0.480 e. The van der Waals surface area contributed by atoms with Gasteiger partial charge in [0.1, 0.15) is 6.10 Å². The first-order valence-electron chi connectivity index (χ1n) is 12.9. The number of esters is 1. The molecule has 1 fully saturated rings. The monoisotopic (exact) mass is 424 g/mol. The summed E-state index contributed by atoms with van der Waals surface area (Å²) in [5, 5.41) is 9.72. The van der Waals surface area contributed by atoms with Gasteiger partial charge in [-0.3, -0.25) is 9.59 Å². The Morgan fingerprint density at radius 3 is 1.80 bits per heavy atom. The number of carboxylic acid groups (broad SMARTS) is 1. The lowest BCUT2D eigenvalue weighted by atomic mass is 9.74. The first-order chi connectivity index (χ1) is 14.4. The molecule has 1 aliphatic carbocycles. The highest BCUT2D eigenvalue weighted by atomic mass is 16.5. The summed E-state index contributed by atoms with van der Waals surface area (Å²) in [5.41, 5.74) is -1.29. The fraction of sp³-hybridized carbons (Fsp3) is 0.923. The van der Waals surface area contributed by atoms with Gasteiger partial charge >= 0.3 is 11.9 Å². The molecule has 1 N–H and O–H groups in total. The van der Waals surface area contributed by atoms with Gasteiger partial charge in [0, 0.05) is 0 Å². The second-order valence-corrected chi connectivity index (χ2v) is 9.92. The summed E-state index contributed by atoms with van der Waals surface area (Å²) in [6.45, 7) is 6.73. The van der Waals surface area contributed by atoms with Crippen molar-refractivity contribution in [2.24, 2.45) is 11.3 Å². The van der Waals surface area contributed by atoms with E-state index in [0.717, 1.165) is 57.3 Å². The van der Waals surface area contributed by atoms with Gasteiger partial charge < -0.3 is 9.84 Å². The zero-order valence-electron chi connectivity index (χ0n) is 20.1. The van der Waals surface area contributed by atoms with Crippen molar-refractivity contribution in [1.82, 2.24) is 0 Å². The third-order valence-electron chi connectivity index (χ3n) is 6.72. The summed E-state index contributed by atoms with van der Waals surface area (Å²) in [4.78, 5) is 24.7. The molecule has 176 valence electrons. The van der Waals surface area contributed by atoms with Crippen LogP contribution >= 0.6 is 0 Å². The van der Waals surface area contributed by atoms with Gasteiger partial charge in [-0.1, -0.05) is 104 Å². The summed E-state index contributed by atoms with van der Waals surface area (Å²) in [5.74, 6) is -0.643. The SMILES string of the molecule is CCCCC(CCCCCCCCCCC(C)C)OC(=O)C1(C(=O)O)CCCCC1. The zero-order valence-corrected chi connectivity index (χ0v) is 20.1. The Balaban J connectivity index is 2.31. The van der Waals surface area contributed by atoms with E-state index >= 15 is 0 Å². The van der Waals surface area contributed by atoms with Crippen LogP contribution in [0, 0.1) is 11.3 Å². The van der Waals surface area contributed by atoms with Crippen LogP contribution in [0.2, 0.25) is 0 Å². The van der Waals surface area contributed by atoms with E-state index in [2.05, 4.69) is 20.8 Å². The fourth-order valence-corrected chi connectivity index (χ4v) is 4.60. The van der Waals surface area contributed by atoms with Crippen LogP contribution in [-0.2, 0) is 14.3 Å². The van der Waals surface area contributed by atoms with Gasteiger partial charge in [0.15, 0.2) is 5.41 Å². The molecule has 0 amide bonds. The molecule has 0 aliphatic heterocycles. The van der Waals surface area contributed by atoms with E-state index in [1.54, 1.807) is 0 Å². The number of carboxylic acids is 1. The molecular weight excluding hydrogens is 376 g/mol. The van der Waals surface area contributed by atoms with Crippen molar-refractivity contribution >= 4 is 11.9 Å². The molecule has 0 spiro atoms. The minimum absolute atomic E-state index is 0.119. The summed E-state index contributed by atoms with van der Waals surface area (Å²) in [6, 6.07) is 0. The molecule has 0 radical (unpaired) electrons. The van der Waals surface area contributed by atoms with E-state index in [4.69, 9.17) is 4.74 Å². The number of carbonyl (C=O) groups is 2. The van der Waals surface area contributed by atoms with Crippen LogP contribution in [0.15, 0.2) is 0 Å². The van der Waals surface area contributed by atoms with E-state index in [1.165, 1.54) is 51.4 Å². The van der Waals surface area contributed by atoms with E-state index < -0.39 is 17.4 Å². The van der Waals surface area contributed by atoms with Crippen molar-refractivity contribution in [1.29, 1.82) is 0 Å². The molecule has 0 aromatic heterocycles. The summed E-state index contributed by atoms with van der Waals surface area (Å²) in [7, 11) is 0. The number of unbranched alkanes of at least 4 members (excludes halogenated alkanes) is 8. The largest absolute Gasteiger partial charge is 0.480 e. The second-order valence-electron chi connectivity index (χ2n) is 9.92. The van der Waals surface area contributed by atoms with Crippen molar-refractivity contribution < 1.29 is 19.4 Å². The first kappa shape index (κ1) is 27.0. The Hall–Kier alpha value is -1.06. The maximum Gasteiger partial charge on any atom is 0.323 e. The summed E-state index contributed by atoms with van der Waals surface area (Å²) < 4.78 is 5.83. The number of hydrogen-bond donors (Lipinski definition) is 1. The zero-order chi connectivity index (χ0) is 22.2. The molecule has 0 heterocycles. The van der Waals surface area contributed by atoms with Crippen LogP contribution in [0.4, 0.5) is 0 Å². The Morgan fingerprint density at radius 2 is 1.30 bits per heavy atom. The molecule has 1 aliphatic rings. The number of aliphatic carboxylic acids is 1. The van der Waals surface area contributed by atoms with E-state index in [-0.39, 0.29) is 6.10 Å². The van der Waals surface area contributed by atoms with E-state index in [0.29, 0.717) is 12.8 Å². The predicted octanol–water partition coefficient (Wildman–Crippen LogP) is 7.68. The molecule has 1 rings (SSSR count). The highest BCUT2D eigenvalue weighted by Gasteiger charge is 2.48. The molecule has 1 atom stereocenters. The summed E-state index contributed by atoms with van der Waals surface area (Å²) >= 11 is 0. The van der Waals surface area contributed by atoms with Gasteiger partial charge in [0.2, 0.25) is 0 Å². The molecule has 0 bridgehead atoms. The topological polar surface area (TPSA) is 63.6 Å². The number of ether oxygens (including phenoxy) is 1. The second kappa shape index (κ2) is 15.7. The van der Waals surface area contributed by atoms with Crippen LogP contribution < -0.4 is 0 Å². The average Bonchev–Trinajstić information content (AvgIpc) is 2.73. The van der Waals surface area contributed by atoms with Crippen LogP contribution in [0.1, 0.15) is 136 Å². The minimum atomic E-state index is -1.29. The first-order valence-corrected chi connectivity index (χ1v) is 12.9. The highest BCUT2D eigenvalue weighted by molar-refractivity contribution is 5.99. The maximum absolute atomic E-state index is 12.8. The molecule has 0 aromatic rings. The lowest BCUT2D eigenvalue weighted by Crippen LogP contribution is -2.43. The van der Waals surface area contributed by atoms with Crippen molar-refractivity contribution in [2.75, 3.05) is 0 Å².